The third-order valence-corrected chi connectivity index (χ3v) is 4.88. The number of thiol groups is 2. The van der Waals surface area contributed by atoms with Crippen LogP contribution in [0.15, 0.2) is 21.9 Å². The Hall–Kier alpha value is -0.280. The number of hydrogen-bond acceptors (Lipinski definition) is 3. The minimum absolute atomic E-state index is 0.717. The SMILES string of the molecule is Cc1c(S)cc(OCC2CCC(C)CC2)cc1S. The van der Waals surface area contributed by atoms with Gasteiger partial charge in [-0.25, -0.2) is 0 Å². The predicted octanol–water partition coefficient (Wildman–Crippen LogP) is 4.78. The molecule has 1 aliphatic rings. The molecule has 0 aromatic heterocycles. The van der Waals surface area contributed by atoms with Gasteiger partial charge in [-0.2, -0.15) is 0 Å². The van der Waals surface area contributed by atoms with Crippen LogP contribution in [0.5, 0.6) is 5.75 Å². The van der Waals surface area contributed by atoms with Crippen molar-refractivity contribution in [3.8, 4) is 5.75 Å². The van der Waals surface area contributed by atoms with Gasteiger partial charge in [-0.15, -0.1) is 25.3 Å². The Balaban J connectivity index is 1.90. The molecule has 100 valence electrons. The van der Waals surface area contributed by atoms with Gasteiger partial charge in [0.2, 0.25) is 0 Å². The molecule has 0 bridgehead atoms. The summed E-state index contributed by atoms with van der Waals surface area (Å²) in [6, 6.07) is 3.98. The van der Waals surface area contributed by atoms with E-state index >= 15 is 0 Å². The second kappa shape index (κ2) is 6.25. The van der Waals surface area contributed by atoms with E-state index < -0.39 is 0 Å². The summed E-state index contributed by atoms with van der Waals surface area (Å²) in [6.45, 7) is 5.20. The summed E-state index contributed by atoms with van der Waals surface area (Å²) in [4.78, 5) is 1.91. The topological polar surface area (TPSA) is 9.23 Å². The molecule has 0 N–H and O–H groups in total. The van der Waals surface area contributed by atoms with E-state index in [0.717, 1.165) is 33.6 Å². The fourth-order valence-corrected chi connectivity index (χ4v) is 3.04. The van der Waals surface area contributed by atoms with Crippen molar-refractivity contribution in [2.75, 3.05) is 6.61 Å². The molecule has 0 radical (unpaired) electrons. The molecule has 18 heavy (non-hydrogen) atoms. The first-order valence-electron chi connectivity index (χ1n) is 6.71. The lowest BCUT2D eigenvalue weighted by Crippen LogP contribution is -2.18. The van der Waals surface area contributed by atoms with Crippen molar-refractivity contribution >= 4 is 25.3 Å². The molecule has 1 saturated carbocycles. The van der Waals surface area contributed by atoms with Gasteiger partial charge < -0.3 is 4.74 Å². The Morgan fingerprint density at radius 3 is 2.22 bits per heavy atom. The van der Waals surface area contributed by atoms with Gasteiger partial charge in [0.1, 0.15) is 5.75 Å². The van der Waals surface area contributed by atoms with E-state index in [4.69, 9.17) is 4.74 Å². The van der Waals surface area contributed by atoms with Crippen LogP contribution in [0, 0.1) is 18.8 Å². The standard InChI is InChI=1S/C15H22OS2/c1-10-3-5-12(6-4-10)9-16-13-7-14(17)11(2)15(18)8-13/h7-8,10,12,17-18H,3-6,9H2,1-2H3. The van der Waals surface area contributed by atoms with Crippen LogP contribution in [0.3, 0.4) is 0 Å². The second-order valence-corrected chi connectivity index (χ2v) is 6.49. The molecule has 0 atom stereocenters. The van der Waals surface area contributed by atoms with Gasteiger partial charge in [0.05, 0.1) is 6.61 Å². The van der Waals surface area contributed by atoms with Crippen LogP contribution in [-0.2, 0) is 0 Å². The molecule has 1 aromatic rings. The zero-order valence-corrected chi connectivity index (χ0v) is 12.9. The Bertz CT molecular complexity index is 386. The van der Waals surface area contributed by atoms with Crippen molar-refractivity contribution in [1.82, 2.24) is 0 Å². The third-order valence-electron chi connectivity index (χ3n) is 3.95. The Labute approximate surface area is 121 Å². The third kappa shape index (κ3) is 3.61. The van der Waals surface area contributed by atoms with Gasteiger partial charge in [0.25, 0.3) is 0 Å². The van der Waals surface area contributed by atoms with Gasteiger partial charge in [-0.1, -0.05) is 19.8 Å². The summed E-state index contributed by atoms with van der Waals surface area (Å²) < 4.78 is 5.90. The van der Waals surface area contributed by atoms with Crippen LogP contribution in [-0.4, -0.2) is 6.61 Å². The molecule has 0 saturated heterocycles. The molecule has 1 aliphatic carbocycles. The highest BCUT2D eigenvalue weighted by atomic mass is 32.1. The summed E-state index contributed by atoms with van der Waals surface area (Å²) in [7, 11) is 0. The quantitative estimate of drug-likeness (QED) is 0.759. The Morgan fingerprint density at radius 1 is 1.11 bits per heavy atom. The van der Waals surface area contributed by atoms with Crippen LogP contribution in [0.2, 0.25) is 0 Å². The normalized spacial score (nSPS) is 24.0. The van der Waals surface area contributed by atoms with Crippen molar-refractivity contribution in [2.24, 2.45) is 11.8 Å². The smallest absolute Gasteiger partial charge is 0.121 e. The van der Waals surface area contributed by atoms with Crippen LogP contribution in [0.25, 0.3) is 0 Å². The van der Waals surface area contributed by atoms with Crippen LogP contribution < -0.4 is 4.74 Å². The van der Waals surface area contributed by atoms with Crippen LogP contribution in [0.4, 0.5) is 0 Å². The molecule has 0 spiro atoms. The maximum Gasteiger partial charge on any atom is 0.121 e. The van der Waals surface area contributed by atoms with Crippen molar-refractivity contribution in [3.63, 3.8) is 0 Å². The highest BCUT2D eigenvalue weighted by molar-refractivity contribution is 7.81. The lowest BCUT2D eigenvalue weighted by molar-refractivity contribution is 0.187. The average Bonchev–Trinajstić information content (AvgIpc) is 2.35. The molecular formula is C15H22OS2. The zero-order valence-electron chi connectivity index (χ0n) is 11.1. The van der Waals surface area contributed by atoms with Crippen molar-refractivity contribution in [3.05, 3.63) is 17.7 Å². The van der Waals surface area contributed by atoms with Gasteiger partial charge in [0.15, 0.2) is 0 Å². The average molecular weight is 282 g/mol. The fourth-order valence-electron chi connectivity index (χ4n) is 2.45. The summed E-state index contributed by atoms with van der Waals surface area (Å²) in [6.07, 6.45) is 5.29. The number of rotatable bonds is 3. The number of hydrogen-bond donors (Lipinski definition) is 2. The van der Waals surface area contributed by atoms with Crippen molar-refractivity contribution in [1.29, 1.82) is 0 Å². The maximum atomic E-state index is 5.90. The minimum Gasteiger partial charge on any atom is -0.493 e. The first-order valence-corrected chi connectivity index (χ1v) is 7.61. The lowest BCUT2D eigenvalue weighted by atomic mass is 9.83. The van der Waals surface area contributed by atoms with E-state index in [1.165, 1.54) is 25.7 Å². The Kier molecular flexibility index (Phi) is 4.91. The number of ether oxygens (including phenoxy) is 1. The highest BCUT2D eigenvalue weighted by Gasteiger charge is 2.18. The van der Waals surface area contributed by atoms with E-state index in [-0.39, 0.29) is 0 Å². The maximum absolute atomic E-state index is 5.90. The summed E-state index contributed by atoms with van der Waals surface area (Å²) in [5.41, 5.74) is 1.11. The first kappa shape index (κ1) is 14.1. The van der Waals surface area contributed by atoms with E-state index in [0.29, 0.717) is 5.92 Å². The summed E-state index contributed by atoms with van der Waals surface area (Å²) in [5, 5.41) is 0. The molecule has 0 unspecified atom stereocenters. The predicted molar refractivity (Wildman–Crippen MR) is 82.3 cm³/mol. The van der Waals surface area contributed by atoms with E-state index in [1.54, 1.807) is 0 Å². The van der Waals surface area contributed by atoms with Gasteiger partial charge >= 0.3 is 0 Å². The highest BCUT2D eigenvalue weighted by Crippen LogP contribution is 2.31. The minimum atomic E-state index is 0.717. The largest absolute Gasteiger partial charge is 0.493 e. The van der Waals surface area contributed by atoms with E-state index in [2.05, 4.69) is 32.2 Å². The lowest BCUT2D eigenvalue weighted by Gasteiger charge is -2.26. The molecular weight excluding hydrogens is 260 g/mol. The van der Waals surface area contributed by atoms with Gasteiger partial charge in [-0.3, -0.25) is 0 Å². The van der Waals surface area contributed by atoms with E-state index in [9.17, 15) is 0 Å². The van der Waals surface area contributed by atoms with Gasteiger partial charge in [-0.05, 0) is 49.3 Å². The second-order valence-electron chi connectivity index (χ2n) is 5.52. The molecule has 1 fully saturated rings. The van der Waals surface area contributed by atoms with Crippen LogP contribution >= 0.6 is 25.3 Å². The monoisotopic (exact) mass is 282 g/mol. The fraction of sp³-hybridized carbons (Fsp3) is 0.600. The summed E-state index contributed by atoms with van der Waals surface area (Å²) >= 11 is 8.88. The Morgan fingerprint density at radius 2 is 1.67 bits per heavy atom. The zero-order chi connectivity index (χ0) is 13.1. The van der Waals surface area contributed by atoms with E-state index in [1.807, 2.05) is 19.1 Å². The summed E-state index contributed by atoms with van der Waals surface area (Å²) in [5.74, 6) is 2.51. The van der Waals surface area contributed by atoms with Gasteiger partial charge in [0, 0.05) is 9.79 Å². The molecule has 0 amide bonds. The molecule has 1 aromatic carbocycles. The molecule has 0 aliphatic heterocycles. The van der Waals surface area contributed by atoms with Crippen molar-refractivity contribution in [2.45, 2.75) is 49.3 Å². The first-order chi connectivity index (χ1) is 8.56. The van der Waals surface area contributed by atoms with Crippen molar-refractivity contribution < 1.29 is 4.74 Å². The molecule has 3 heteroatoms. The molecule has 1 nitrogen and oxygen atoms in total. The molecule has 2 rings (SSSR count). The van der Waals surface area contributed by atoms with Crippen LogP contribution in [0.1, 0.15) is 38.2 Å². The molecule has 0 heterocycles. The number of benzene rings is 1.